The molecular formula is C15H9Cl2N3S. The van der Waals surface area contributed by atoms with Gasteiger partial charge in [0, 0.05) is 0 Å². The number of aromatic amines is 1. The van der Waals surface area contributed by atoms with E-state index in [-0.39, 0.29) is 0 Å². The zero-order valence-electron chi connectivity index (χ0n) is 10.9. The summed E-state index contributed by atoms with van der Waals surface area (Å²) >= 11 is 17.5. The molecule has 0 radical (unpaired) electrons. The van der Waals surface area contributed by atoms with Gasteiger partial charge in [-0.15, -0.1) is 0 Å². The molecule has 2 aromatic carbocycles. The second-order valence-corrected chi connectivity index (χ2v) is 5.86. The Hall–Kier alpha value is -1.80. The van der Waals surface area contributed by atoms with Crippen LogP contribution in [0.2, 0.25) is 10.0 Å². The third kappa shape index (κ3) is 2.34. The summed E-state index contributed by atoms with van der Waals surface area (Å²) in [5.74, 6) is 0. The predicted octanol–water partition coefficient (Wildman–Crippen LogP) is 5.17. The van der Waals surface area contributed by atoms with Crippen molar-refractivity contribution in [1.29, 1.82) is 5.26 Å². The van der Waals surface area contributed by atoms with Gasteiger partial charge >= 0.3 is 0 Å². The van der Waals surface area contributed by atoms with Gasteiger partial charge in [0.05, 0.1) is 38.4 Å². The van der Waals surface area contributed by atoms with Gasteiger partial charge in [0.2, 0.25) is 0 Å². The second-order valence-electron chi connectivity index (χ2n) is 4.66. The Morgan fingerprint density at radius 3 is 2.62 bits per heavy atom. The Morgan fingerprint density at radius 1 is 1.19 bits per heavy atom. The van der Waals surface area contributed by atoms with Gasteiger partial charge in [-0.1, -0.05) is 29.3 Å². The van der Waals surface area contributed by atoms with Crippen molar-refractivity contribution < 1.29 is 0 Å². The molecule has 0 atom stereocenters. The quantitative estimate of drug-likeness (QED) is 0.624. The number of nitrogens with zero attached hydrogens (tertiary/aromatic N) is 2. The Balaban J connectivity index is 2.41. The molecule has 1 N–H and O–H groups in total. The first-order chi connectivity index (χ1) is 10.0. The largest absolute Gasteiger partial charge is 0.330 e. The highest BCUT2D eigenvalue weighted by Crippen LogP contribution is 2.30. The number of halogens is 2. The topological polar surface area (TPSA) is 44.5 Å². The second kappa shape index (κ2) is 5.19. The van der Waals surface area contributed by atoms with E-state index in [1.54, 1.807) is 24.3 Å². The number of imidazole rings is 1. The van der Waals surface area contributed by atoms with Gasteiger partial charge in [0.1, 0.15) is 0 Å². The number of nitrogens with one attached hydrogen (secondary N) is 1. The van der Waals surface area contributed by atoms with Crippen LogP contribution in [0.5, 0.6) is 0 Å². The lowest BCUT2D eigenvalue weighted by Gasteiger charge is -2.09. The number of rotatable bonds is 1. The van der Waals surface area contributed by atoms with E-state index in [9.17, 15) is 0 Å². The molecule has 0 aliphatic carbocycles. The molecule has 0 amide bonds. The van der Waals surface area contributed by atoms with E-state index in [2.05, 4.69) is 11.1 Å². The molecule has 0 saturated carbocycles. The van der Waals surface area contributed by atoms with Crippen molar-refractivity contribution >= 4 is 46.5 Å². The molecule has 1 aromatic heterocycles. The molecule has 21 heavy (non-hydrogen) atoms. The minimum Gasteiger partial charge on any atom is -0.330 e. The van der Waals surface area contributed by atoms with E-state index in [0.717, 1.165) is 22.3 Å². The van der Waals surface area contributed by atoms with Crippen LogP contribution in [0.15, 0.2) is 30.3 Å². The molecule has 0 unspecified atom stereocenters. The monoisotopic (exact) mass is 333 g/mol. The summed E-state index contributed by atoms with van der Waals surface area (Å²) in [5, 5.41) is 10.0. The third-order valence-electron chi connectivity index (χ3n) is 3.30. The molecule has 0 spiro atoms. The van der Waals surface area contributed by atoms with Crippen LogP contribution in [-0.4, -0.2) is 9.55 Å². The molecule has 0 bridgehead atoms. The molecule has 0 fully saturated rings. The zero-order valence-corrected chi connectivity index (χ0v) is 13.3. The summed E-state index contributed by atoms with van der Waals surface area (Å²) in [5.41, 5.74) is 4.07. The molecular weight excluding hydrogens is 325 g/mol. The van der Waals surface area contributed by atoms with Crippen LogP contribution < -0.4 is 0 Å². The van der Waals surface area contributed by atoms with Gasteiger partial charge in [-0.3, -0.25) is 4.57 Å². The summed E-state index contributed by atoms with van der Waals surface area (Å²) in [4.78, 5) is 3.11. The first kappa shape index (κ1) is 14.2. The van der Waals surface area contributed by atoms with Gasteiger partial charge in [-0.05, 0) is 49.0 Å². The zero-order chi connectivity index (χ0) is 15.1. The molecule has 104 valence electrons. The van der Waals surface area contributed by atoms with Crippen LogP contribution in [0.4, 0.5) is 0 Å². The van der Waals surface area contributed by atoms with Crippen molar-refractivity contribution in [2.45, 2.75) is 6.92 Å². The molecule has 6 heteroatoms. The minimum atomic E-state index is 0.459. The van der Waals surface area contributed by atoms with E-state index in [1.165, 1.54) is 0 Å². The average Bonchev–Trinajstić information content (AvgIpc) is 2.75. The smallest absolute Gasteiger partial charge is 0.182 e. The van der Waals surface area contributed by atoms with Crippen molar-refractivity contribution in [1.82, 2.24) is 9.55 Å². The van der Waals surface area contributed by atoms with E-state index in [4.69, 9.17) is 40.7 Å². The van der Waals surface area contributed by atoms with Gasteiger partial charge < -0.3 is 4.98 Å². The lowest BCUT2D eigenvalue weighted by Crippen LogP contribution is -1.98. The van der Waals surface area contributed by atoms with Crippen LogP contribution in [0, 0.1) is 23.0 Å². The number of aryl methyl sites for hydroxylation is 1. The summed E-state index contributed by atoms with van der Waals surface area (Å²) in [6.45, 7) is 1.97. The fourth-order valence-electron chi connectivity index (χ4n) is 2.26. The van der Waals surface area contributed by atoms with Crippen molar-refractivity contribution in [3.63, 3.8) is 0 Å². The van der Waals surface area contributed by atoms with Gasteiger partial charge in [-0.2, -0.15) is 5.26 Å². The van der Waals surface area contributed by atoms with Gasteiger partial charge in [0.15, 0.2) is 4.77 Å². The normalized spacial score (nSPS) is 10.8. The number of nitriles is 1. The van der Waals surface area contributed by atoms with E-state index < -0.39 is 0 Å². The van der Waals surface area contributed by atoms with E-state index >= 15 is 0 Å². The molecule has 0 saturated heterocycles. The maximum absolute atomic E-state index is 9.08. The molecule has 3 aromatic rings. The Morgan fingerprint density at radius 2 is 1.90 bits per heavy atom. The minimum absolute atomic E-state index is 0.459. The summed E-state index contributed by atoms with van der Waals surface area (Å²) in [6, 6.07) is 11.1. The van der Waals surface area contributed by atoms with Crippen LogP contribution >= 0.6 is 35.4 Å². The van der Waals surface area contributed by atoms with Crippen LogP contribution in [0.1, 0.15) is 11.1 Å². The Kier molecular flexibility index (Phi) is 3.50. The molecule has 3 nitrogen and oxygen atoms in total. The van der Waals surface area contributed by atoms with Crippen LogP contribution in [-0.2, 0) is 0 Å². The fourth-order valence-corrected chi connectivity index (χ4v) is 2.89. The maximum Gasteiger partial charge on any atom is 0.182 e. The molecule has 0 aliphatic heterocycles. The number of aromatic nitrogens is 2. The van der Waals surface area contributed by atoms with Crippen LogP contribution in [0.25, 0.3) is 16.7 Å². The molecule has 0 aliphatic rings. The van der Waals surface area contributed by atoms with Gasteiger partial charge in [0.25, 0.3) is 0 Å². The highest BCUT2D eigenvalue weighted by atomic mass is 35.5. The fraction of sp³-hybridized carbons (Fsp3) is 0.0667. The standard InChI is InChI=1S/C15H9Cl2N3S/c1-8-2-3-9(7-18)4-13(8)20-14-6-11(17)10(16)5-12(14)19-15(20)21/h2-6H,1H3,(H,19,21). The first-order valence-corrected chi connectivity index (χ1v) is 7.28. The Labute approximate surface area is 136 Å². The van der Waals surface area contributed by atoms with Gasteiger partial charge in [-0.25, -0.2) is 0 Å². The van der Waals surface area contributed by atoms with E-state index in [0.29, 0.717) is 20.4 Å². The molecule has 1 heterocycles. The summed E-state index contributed by atoms with van der Waals surface area (Å²) in [7, 11) is 0. The summed E-state index contributed by atoms with van der Waals surface area (Å²) < 4.78 is 2.39. The number of hydrogen-bond donors (Lipinski definition) is 1. The number of benzene rings is 2. The predicted molar refractivity (Wildman–Crippen MR) is 87.9 cm³/mol. The van der Waals surface area contributed by atoms with Crippen LogP contribution in [0.3, 0.4) is 0 Å². The number of H-pyrrole nitrogens is 1. The number of hydrogen-bond acceptors (Lipinski definition) is 2. The van der Waals surface area contributed by atoms with Crippen molar-refractivity contribution in [2.75, 3.05) is 0 Å². The highest BCUT2D eigenvalue weighted by Gasteiger charge is 2.12. The third-order valence-corrected chi connectivity index (χ3v) is 4.31. The average molecular weight is 334 g/mol. The van der Waals surface area contributed by atoms with Crippen molar-refractivity contribution in [2.24, 2.45) is 0 Å². The number of fused-ring (bicyclic) bond motifs is 1. The van der Waals surface area contributed by atoms with E-state index in [1.807, 2.05) is 17.6 Å². The van der Waals surface area contributed by atoms with Crippen molar-refractivity contribution in [3.05, 3.63) is 56.3 Å². The highest BCUT2D eigenvalue weighted by molar-refractivity contribution is 7.71. The maximum atomic E-state index is 9.08. The lowest BCUT2D eigenvalue weighted by atomic mass is 10.1. The SMILES string of the molecule is Cc1ccc(C#N)cc1-n1c(=S)[nH]c2cc(Cl)c(Cl)cc21. The van der Waals surface area contributed by atoms with Crippen molar-refractivity contribution in [3.8, 4) is 11.8 Å². The molecule has 3 rings (SSSR count). The first-order valence-electron chi connectivity index (χ1n) is 6.12. The Bertz CT molecular complexity index is 963. The lowest BCUT2D eigenvalue weighted by molar-refractivity contribution is 1.05. The summed E-state index contributed by atoms with van der Waals surface area (Å²) in [6.07, 6.45) is 0.